The van der Waals surface area contributed by atoms with Crippen molar-refractivity contribution in [2.45, 2.75) is 18.1 Å². The van der Waals surface area contributed by atoms with Gasteiger partial charge >= 0.3 is 0 Å². The van der Waals surface area contributed by atoms with Gasteiger partial charge in [0.2, 0.25) is 0 Å². The van der Waals surface area contributed by atoms with Crippen LogP contribution in [0.15, 0.2) is 28.7 Å². The maximum absolute atomic E-state index is 12.7. The van der Waals surface area contributed by atoms with Crippen LogP contribution in [-0.4, -0.2) is 44.9 Å². The van der Waals surface area contributed by atoms with Crippen LogP contribution in [0.3, 0.4) is 0 Å². The van der Waals surface area contributed by atoms with Gasteiger partial charge in [0.15, 0.2) is 14.0 Å². The molecule has 0 radical (unpaired) electrons. The Morgan fingerprint density at radius 1 is 1.31 bits per heavy atom. The maximum Gasteiger partial charge on any atom is 0.274 e. The van der Waals surface area contributed by atoms with E-state index in [-0.39, 0.29) is 27.5 Å². The van der Waals surface area contributed by atoms with Crippen molar-refractivity contribution in [3.8, 4) is 11.3 Å². The number of nitriles is 1. The third-order valence-electron chi connectivity index (χ3n) is 4.20. The second kappa shape index (κ2) is 8.02. The Morgan fingerprint density at radius 3 is 2.76 bits per heavy atom. The summed E-state index contributed by atoms with van der Waals surface area (Å²) in [4.78, 5) is 6.83. The van der Waals surface area contributed by atoms with E-state index >= 15 is 0 Å². The number of sulfonamides is 1. The number of rotatable bonds is 8. The van der Waals surface area contributed by atoms with Gasteiger partial charge in [0.05, 0.1) is 28.7 Å². The van der Waals surface area contributed by atoms with Crippen LogP contribution in [0.2, 0.25) is 0 Å². The molecule has 0 atom stereocenters. The fraction of sp³-hybridized carbons (Fsp3) is 0.294. The number of aromatic amines is 1. The zero-order valence-electron chi connectivity index (χ0n) is 15.6. The molecule has 0 spiro atoms. The first kappa shape index (κ1) is 21.1. The van der Waals surface area contributed by atoms with Gasteiger partial charge in [-0.25, -0.2) is 21.8 Å². The van der Waals surface area contributed by atoms with Crippen LogP contribution in [0.4, 0.5) is 5.69 Å². The van der Waals surface area contributed by atoms with E-state index in [9.17, 15) is 22.1 Å². The van der Waals surface area contributed by atoms with Gasteiger partial charge in [0, 0.05) is 17.3 Å². The number of nitrogens with one attached hydrogen (secondary N) is 2. The number of aryl methyl sites for hydroxylation is 1. The molecule has 0 aliphatic carbocycles. The molecule has 3 rings (SSSR count). The smallest absolute Gasteiger partial charge is 0.274 e. The average Bonchev–Trinajstić information content (AvgIpc) is 3.32. The molecule has 0 aliphatic rings. The molecular formula is C17H18N4O5S3. The quantitative estimate of drug-likeness (QED) is 0.532. The van der Waals surface area contributed by atoms with Crippen LogP contribution >= 0.6 is 11.3 Å². The molecule has 2 aromatic heterocycles. The number of hydrogen-bond acceptors (Lipinski definition) is 8. The fourth-order valence-corrected chi connectivity index (χ4v) is 5.30. The Morgan fingerprint density at radius 2 is 2.07 bits per heavy atom. The largest absolute Gasteiger partial charge is 0.469 e. The van der Waals surface area contributed by atoms with Gasteiger partial charge in [-0.2, -0.15) is 5.26 Å². The molecule has 154 valence electrons. The summed E-state index contributed by atoms with van der Waals surface area (Å²) < 4.78 is 56.1. The molecule has 0 amide bonds. The van der Waals surface area contributed by atoms with Crippen LogP contribution in [0.1, 0.15) is 18.1 Å². The summed E-state index contributed by atoms with van der Waals surface area (Å²) in [7, 11) is -7.13. The van der Waals surface area contributed by atoms with E-state index in [1.165, 1.54) is 6.20 Å². The van der Waals surface area contributed by atoms with Crippen molar-refractivity contribution < 1.29 is 21.6 Å². The van der Waals surface area contributed by atoms with Crippen molar-refractivity contribution in [2.75, 3.05) is 22.8 Å². The number of hydrogen-bond donors (Lipinski definition) is 2. The minimum atomic E-state index is -3.95. The second-order valence-electron chi connectivity index (χ2n) is 6.13. The lowest BCUT2D eigenvalue weighted by atomic mass is 10.1. The summed E-state index contributed by atoms with van der Waals surface area (Å²) in [5.74, 6) is -0.159. The van der Waals surface area contributed by atoms with Gasteiger partial charge in [-0.05, 0) is 18.6 Å². The van der Waals surface area contributed by atoms with E-state index in [0.29, 0.717) is 22.2 Å². The number of aromatic nitrogens is 2. The van der Waals surface area contributed by atoms with E-state index in [0.717, 1.165) is 23.1 Å². The molecule has 0 aliphatic heterocycles. The number of ether oxygens (including phenoxy) is 1. The number of sulfone groups is 1. The molecule has 0 saturated heterocycles. The van der Waals surface area contributed by atoms with Gasteiger partial charge in [-0.15, -0.1) is 0 Å². The summed E-state index contributed by atoms with van der Waals surface area (Å²) in [6.07, 6.45) is 2.68. The highest BCUT2D eigenvalue weighted by atomic mass is 32.2. The highest BCUT2D eigenvalue weighted by Crippen LogP contribution is 2.31. The highest BCUT2D eigenvalue weighted by Gasteiger charge is 2.21. The Labute approximate surface area is 172 Å². The van der Waals surface area contributed by atoms with Crippen molar-refractivity contribution in [2.24, 2.45) is 0 Å². The molecule has 0 bridgehead atoms. The summed E-state index contributed by atoms with van der Waals surface area (Å²) >= 11 is 0.794. The Hall–Kier alpha value is -2.62. The lowest BCUT2D eigenvalue weighted by Crippen LogP contribution is -2.15. The number of thiazole rings is 1. The van der Waals surface area contributed by atoms with Crippen molar-refractivity contribution >= 4 is 47.8 Å². The molecular weight excluding hydrogens is 436 g/mol. The Bertz CT molecular complexity index is 1300. The minimum absolute atomic E-state index is 0.00899. The highest BCUT2D eigenvalue weighted by molar-refractivity contribution is 7.94. The Balaban J connectivity index is 1.80. The van der Waals surface area contributed by atoms with Gasteiger partial charge in [-0.1, -0.05) is 24.3 Å². The average molecular weight is 455 g/mol. The van der Waals surface area contributed by atoms with E-state index in [1.54, 1.807) is 19.1 Å². The minimum Gasteiger partial charge on any atom is -0.469 e. The van der Waals surface area contributed by atoms with Crippen molar-refractivity contribution in [1.82, 2.24) is 9.97 Å². The van der Waals surface area contributed by atoms with Crippen molar-refractivity contribution in [3.05, 3.63) is 35.7 Å². The summed E-state index contributed by atoms with van der Waals surface area (Å²) in [5, 5.41) is 9.94. The summed E-state index contributed by atoms with van der Waals surface area (Å²) in [6.45, 7) is 3.27. The predicted octanol–water partition coefficient (Wildman–Crippen LogP) is 2.42. The third kappa shape index (κ3) is 4.52. The van der Waals surface area contributed by atoms with E-state index in [4.69, 9.17) is 4.74 Å². The maximum atomic E-state index is 12.7. The number of nitrogens with zero attached hydrogens (tertiary/aromatic N) is 2. The fourth-order valence-electron chi connectivity index (χ4n) is 2.62. The third-order valence-corrected chi connectivity index (χ3v) is 8.60. The number of anilines is 1. The van der Waals surface area contributed by atoms with Crippen LogP contribution in [0.5, 0.6) is 5.19 Å². The van der Waals surface area contributed by atoms with Gasteiger partial charge < -0.3 is 9.72 Å². The molecule has 2 heterocycles. The SMILES string of the molecule is CCS(=O)(=O)CCOc1ncc(S(=O)(=O)Nc2ccc(C)c3c(C#N)c[nH]c23)s1. The lowest BCUT2D eigenvalue weighted by molar-refractivity contribution is 0.339. The summed E-state index contributed by atoms with van der Waals surface area (Å²) in [5.41, 5.74) is 2.08. The van der Waals surface area contributed by atoms with E-state index < -0.39 is 19.9 Å². The first-order valence-corrected chi connectivity index (χ1v) is 12.6. The van der Waals surface area contributed by atoms with Gasteiger partial charge in [0.1, 0.15) is 12.7 Å². The molecule has 0 saturated carbocycles. The monoisotopic (exact) mass is 454 g/mol. The van der Waals surface area contributed by atoms with Gasteiger partial charge in [-0.3, -0.25) is 4.72 Å². The number of H-pyrrole nitrogens is 1. The first-order chi connectivity index (χ1) is 13.7. The van der Waals surface area contributed by atoms with E-state index in [2.05, 4.69) is 20.8 Å². The molecule has 2 N–H and O–H groups in total. The molecule has 1 aromatic carbocycles. The number of benzene rings is 1. The zero-order chi connectivity index (χ0) is 21.2. The number of fused-ring (bicyclic) bond motifs is 1. The molecule has 12 heteroatoms. The molecule has 0 fully saturated rings. The Kier molecular flexibility index (Phi) is 5.83. The zero-order valence-corrected chi connectivity index (χ0v) is 18.0. The van der Waals surface area contributed by atoms with Crippen LogP contribution in [0, 0.1) is 18.3 Å². The van der Waals surface area contributed by atoms with Crippen LogP contribution in [-0.2, 0) is 19.9 Å². The summed E-state index contributed by atoms with van der Waals surface area (Å²) in [6, 6.07) is 5.41. The predicted molar refractivity (Wildman–Crippen MR) is 110 cm³/mol. The van der Waals surface area contributed by atoms with Crippen molar-refractivity contribution in [1.29, 1.82) is 5.26 Å². The van der Waals surface area contributed by atoms with Gasteiger partial charge in [0.25, 0.3) is 15.2 Å². The molecule has 29 heavy (non-hydrogen) atoms. The van der Waals surface area contributed by atoms with Crippen LogP contribution in [0.25, 0.3) is 10.9 Å². The first-order valence-electron chi connectivity index (χ1n) is 8.49. The second-order valence-corrected chi connectivity index (χ2v) is 11.5. The van der Waals surface area contributed by atoms with Crippen molar-refractivity contribution in [3.63, 3.8) is 0 Å². The van der Waals surface area contributed by atoms with E-state index in [1.807, 2.05) is 6.92 Å². The normalized spacial score (nSPS) is 12.0. The molecule has 3 aromatic rings. The standard InChI is InChI=1S/C17H18N4O5S3/c1-3-28(22,23)7-6-26-17-20-10-14(27-17)29(24,25)21-13-5-4-11(2)15-12(8-18)9-19-16(13)15/h4-5,9-10,19,21H,3,6-7H2,1-2H3. The molecule has 0 unspecified atom stereocenters. The van der Waals surface area contributed by atoms with Crippen LogP contribution < -0.4 is 9.46 Å². The topological polar surface area (TPSA) is 142 Å². The molecule has 9 nitrogen and oxygen atoms in total. The lowest BCUT2D eigenvalue weighted by Gasteiger charge is -2.08.